The zero-order valence-electron chi connectivity index (χ0n) is 16.3. The summed E-state index contributed by atoms with van der Waals surface area (Å²) in [5, 5.41) is 18.6. The fourth-order valence-electron chi connectivity index (χ4n) is 3.04. The number of carbonyl (C=O) groups is 1. The van der Waals surface area contributed by atoms with E-state index in [4.69, 9.17) is 4.74 Å². The number of carbonyl (C=O) groups excluding carboxylic acids is 1. The lowest BCUT2D eigenvalue weighted by molar-refractivity contribution is -0.134. The van der Waals surface area contributed by atoms with Crippen LogP contribution >= 0.6 is 0 Å². The van der Waals surface area contributed by atoms with Crippen LogP contribution in [0, 0.1) is 0 Å². The summed E-state index contributed by atoms with van der Waals surface area (Å²) in [5.41, 5.74) is 0. The number of ether oxygens (including phenoxy) is 1. The molecule has 148 valence electrons. The number of hydrogen-bond acceptors (Lipinski definition) is 4. The summed E-state index contributed by atoms with van der Waals surface area (Å²) in [4.78, 5) is 11.7. The first kappa shape index (κ1) is 22.3. The number of esters is 1. The first-order valence-electron chi connectivity index (χ1n) is 10.4. The van der Waals surface area contributed by atoms with Gasteiger partial charge in [0.25, 0.3) is 0 Å². The molecule has 0 bridgehead atoms. The highest BCUT2D eigenvalue weighted by atomic mass is 16.5. The van der Waals surface area contributed by atoms with E-state index in [0.717, 1.165) is 12.8 Å². The highest BCUT2D eigenvalue weighted by molar-refractivity contribution is 5.72. The number of unbranched alkanes of at least 4 members (excludes halogenated alkanes) is 12. The van der Waals surface area contributed by atoms with Crippen molar-refractivity contribution in [3.8, 4) is 17.2 Å². The molecule has 0 heterocycles. The molecule has 0 aromatic heterocycles. The van der Waals surface area contributed by atoms with Crippen LogP contribution in [-0.2, 0) is 4.79 Å². The standard InChI is InChI=1S/C22H36O4/c1-2-3-4-5-6-7-8-9-10-11-12-13-14-15-22(25)26-19-16-17-20(23)21(24)18-19/h16-18,23-24H,2-15H2,1H3. The van der Waals surface area contributed by atoms with Gasteiger partial charge in [0.1, 0.15) is 5.75 Å². The van der Waals surface area contributed by atoms with Crippen molar-refractivity contribution >= 4 is 5.97 Å². The molecule has 1 aromatic carbocycles. The third-order valence-electron chi connectivity index (χ3n) is 4.66. The Bertz CT molecular complexity index is 499. The molecule has 0 aliphatic heterocycles. The van der Waals surface area contributed by atoms with Gasteiger partial charge in [-0.3, -0.25) is 4.79 Å². The molecule has 0 unspecified atom stereocenters. The van der Waals surface area contributed by atoms with Crippen LogP contribution in [0.1, 0.15) is 96.8 Å². The smallest absolute Gasteiger partial charge is 0.311 e. The number of rotatable bonds is 15. The van der Waals surface area contributed by atoms with E-state index in [2.05, 4.69) is 6.92 Å². The molecule has 4 heteroatoms. The van der Waals surface area contributed by atoms with Gasteiger partial charge in [0.2, 0.25) is 0 Å². The highest BCUT2D eigenvalue weighted by Crippen LogP contribution is 2.28. The van der Waals surface area contributed by atoms with Crippen LogP contribution in [0.3, 0.4) is 0 Å². The van der Waals surface area contributed by atoms with Gasteiger partial charge in [-0.1, -0.05) is 84.0 Å². The predicted molar refractivity (Wildman–Crippen MR) is 106 cm³/mol. The van der Waals surface area contributed by atoms with E-state index in [1.165, 1.54) is 88.8 Å². The van der Waals surface area contributed by atoms with Crippen molar-refractivity contribution in [1.82, 2.24) is 0 Å². The number of aromatic hydroxyl groups is 2. The molecule has 4 nitrogen and oxygen atoms in total. The van der Waals surface area contributed by atoms with Gasteiger partial charge in [0.15, 0.2) is 11.5 Å². The van der Waals surface area contributed by atoms with Gasteiger partial charge in [-0.25, -0.2) is 0 Å². The van der Waals surface area contributed by atoms with Crippen LogP contribution in [0.5, 0.6) is 17.2 Å². The van der Waals surface area contributed by atoms with E-state index >= 15 is 0 Å². The zero-order chi connectivity index (χ0) is 19.0. The fourth-order valence-corrected chi connectivity index (χ4v) is 3.04. The zero-order valence-corrected chi connectivity index (χ0v) is 16.3. The van der Waals surface area contributed by atoms with E-state index in [9.17, 15) is 15.0 Å². The van der Waals surface area contributed by atoms with Crippen molar-refractivity contribution in [3.63, 3.8) is 0 Å². The third-order valence-corrected chi connectivity index (χ3v) is 4.66. The monoisotopic (exact) mass is 364 g/mol. The maximum Gasteiger partial charge on any atom is 0.311 e. The van der Waals surface area contributed by atoms with E-state index in [1.807, 2.05) is 0 Å². The van der Waals surface area contributed by atoms with Gasteiger partial charge in [-0.2, -0.15) is 0 Å². The molecule has 0 atom stereocenters. The molecule has 2 N–H and O–H groups in total. The van der Waals surface area contributed by atoms with Gasteiger partial charge in [-0.15, -0.1) is 0 Å². The third kappa shape index (κ3) is 11.0. The summed E-state index contributed by atoms with van der Waals surface area (Å²) in [7, 11) is 0. The van der Waals surface area contributed by atoms with Gasteiger partial charge in [-0.05, 0) is 18.6 Å². The maximum atomic E-state index is 11.7. The molecule has 0 radical (unpaired) electrons. The molecule has 0 aliphatic carbocycles. The normalized spacial score (nSPS) is 10.8. The van der Waals surface area contributed by atoms with Gasteiger partial charge in [0, 0.05) is 12.5 Å². The number of phenolic OH excluding ortho intramolecular Hbond substituents is 2. The van der Waals surface area contributed by atoms with E-state index in [0.29, 0.717) is 6.42 Å². The van der Waals surface area contributed by atoms with Crippen LogP contribution in [0.25, 0.3) is 0 Å². The molecule has 0 saturated heterocycles. The van der Waals surface area contributed by atoms with Crippen molar-refractivity contribution in [3.05, 3.63) is 18.2 Å². The second-order valence-corrected chi connectivity index (χ2v) is 7.12. The minimum atomic E-state index is -0.293. The quantitative estimate of drug-likeness (QED) is 0.162. The van der Waals surface area contributed by atoms with Gasteiger partial charge < -0.3 is 14.9 Å². The van der Waals surface area contributed by atoms with Crippen molar-refractivity contribution in [1.29, 1.82) is 0 Å². The maximum absolute atomic E-state index is 11.7. The van der Waals surface area contributed by atoms with Crippen molar-refractivity contribution in [2.24, 2.45) is 0 Å². The van der Waals surface area contributed by atoms with E-state index < -0.39 is 0 Å². The molecule has 0 saturated carbocycles. The molecule has 1 aromatic rings. The Kier molecular flexibility index (Phi) is 12.4. The molecule has 0 aliphatic rings. The molecule has 0 spiro atoms. The number of phenols is 2. The lowest BCUT2D eigenvalue weighted by atomic mass is 10.0. The summed E-state index contributed by atoms with van der Waals surface area (Å²) in [5.74, 6) is -0.532. The Morgan fingerprint density at radius 3 is 1.77 bits per heavy atom. The topological polar surface area (TPSA) is 66.8 Å². The lowest BCUT2D eigenvalue weighted by Gasteiger charge is -2.06. The highest BCUT2D eigenvalue weighted by Gasteiger charge is 2.07. The van der Waals surface area contributed by atoms with Gasteiger partial charge in [0.05, 0.1) is 0 Å². The predicted octanol–water partition coefficient (Wildman–Crippen LogP) is 6.48. The van der Waals surface area contributed by atoms with Gasteiger partial charge >= 0.3 is 5.97 Å². The second-order valence-electron chi connectivity index (χ2n) is 7.12. The van der Waals surface area contributed by atoms with Crippen LogP contribution < -0.4 is 4.74 Å². The average molecular weight is 365 g/mol. The van der Waals surface area contributed by atoms with Crippen LogP contribution in [0.15, 0.2) is 18.2 Å². The summed E-state index contributed by atoms with van der Waals surface area (Å²) in [6.07, 6.45) is 16.9. The number of hydrogen-bond donors (Lipinski definition) is 2. The van der Waals surface area contributed by atoms with Crippen molar-refractivity contribution < 1.29 is 19.7 Å². The molecule has 0 amide bonds. The minimum absolute atomic E-state index is 0.221. The summed E-state index contributed by atoms with van der Waals surface area (Å²) >= 11 is 0. The first-order chi connectivity index (χ1) is 12.6. The Hall–Kier alpha value is -1.71. The molecular weight excluding hydrogens is 328 g/mol. The first-order valence-corrected chi connectivity index (χ1v) is 10.4. The largest absolute Gasteiger partial charge is 0.504 e. The molecule has 0 fully saturated rings. The average Bonchev–Trinajstić information content (AvgIpc) is 2.62. The molecule has 26 heavy (non-hydrogen) atoms. The fraction of sp³-hybridized carbons (Fsp3) is 0.682. The van der Waals surface area contributed by atoms with Crippen LogP contribution in [0.4, 0.5) is 0 Å². The second kappa shape index (κ2) is 14.5. The van der Waals surface area contributed by atoms with Crippen molar-refractivity contribution in [2.45, 2.75) is 96.8 Å². The SMILES string of the molecule is CCCCCCCCCCCCCCCC(=O)Oc1ccc(O)c(O)c1. The Labute approximate surface area is 158 Å². The number of benzene rings is 1. The Balaban J connectivity index is 1.91. The Morgan fingerprint density at radius 2 is 1.27 bits per heavy atom. The Morgan fingerprint density at radius 1 is 0.769 bits per heavy atom. The summed E-state index contributed by atoms with van der Waals surface area (Å²) < 4.78 is 5.15. The summed E-state index contributed by atoms with van der Waals surface area (Å²) in [6.45, 7) is 2.25. The molecular formula is C22H36O4. The van der Waals surface area contributed by atoms with E-state index in [1.54, 1.807) is 0 Å². The van der Waals surface area contributed by atoms with E-state index in [-0.39, 0.29) is 23.2 Å². The lowest BCUT2D eigenvalue weighted by Crippen LogP contribution is -2.07. The van der Waals surface area contributed by atoms with Crippen molar-refractivity contribution in [2.75, 3.05) is 0 Å². The summed E-state index contributed by atoms with van der Waals surface area (Å²) in [6, 6.07) is 4.02. The van der Waals surface area contributed by atoms with Crippen LogP contribution in [-0.4, -0.2) is 16.2 Å². The van der Waals surface area contributed by atoms with Crippen LogP contribution in [0.2, 0.25) is 0 Å². The molecule has 1 rings (SSSR count). The minimum Gasteiger partial charge on any atom is -0.504 e.